The summed E-state index contributed by atoms with van der Waals surface area (Å²) in [5, 5.41) is 2.65. The summed E-state index contributed by atoms with van der Waals surface area (Å²) in [5.74, 6) is -0.608. The van der Waals surface area contributed by atoms with E-state index in [0.717, 1.165) is 5.56 Å². The van der Waals surface area contributed by atoms with Gasteiger partial charge in [0.15, 0.2) is 0 Å². The molecule has 0 fully saturated rings. The lowest BCUT2D eigenvalue weighted by Crippen LogP contribution is -2.35. The Balaban J connectivity index is 1.87. The summed E-state index contributed by atoms with van der Waals surface area (Å²) in [4.78, 5) is 12.1. The molecule has 7 heteroatoms. The molecule has 0 aromatic heterocycles. The van der Waals surface area contributed by atoms with Gasteiger partial charge in [-0.2, -0.15) is 0 Å². The molecule has 0 heterocycles. The minimum absolute atomic E-state index is 0.0875. The van der Waals surface area contributed by atoms with Gasteiger partial charge in [0.1, 0.15) is 5.82 Å². The second-order valence-corrected chi connectivity index (χ2v) is 7.98. The van der Waals surface area contributed by atoms with E-state index in [2.05, 4.69) is 10.0 Å². The van der Waals surface area contributed by atoms with Crippen LogP contribution >= 0.6 is 0 Å². The van der Waals surface area contributed by atoms with Crippen molar-refractivity contribution in [2.24, 2.45) is 0 Å². The molecule has 0 radical (unpaired) electrons. The average Bonchev–Trinajstić information content (AvgIpc) is 2.52. The van der Waals surface area contributed by atoms with Crippen LogP contribution in [0.5, 0.6) is 0 Å². The fourth-order valence-electron chi connectivity index (χ4n) is 2.90. The van der Waals surface area contributed by atoms with Gasteiger partial charge in [-0.1, -0.05) is 29.8 Å². The minimum Gasteiger partial charge on any atom is -0.355 e. The summed E-state index contributed by atoms with van der Waals surface area (Å²) in [7, 11) is -3.64. The summed E-state index contributed by atoms with van der Waals surface area (Å²) in [6, 6.07) is 9.32. The number of benzene rings is 2. The zero-order valence-corrected chi connectivity index (χ0v) is 15.9. The van der Waals surface area contributed by atoms with Crippen LogP contribution in [0.3, 0.4) is 0 Å². The Kier molecular flexibility index (Phi) is 6.50. The molecule has 0 aliphatic heterocycles. The highest BCUT2D eigenvalue weighted by Gasteiger charge is 2.19. The molecule has 0 bridgehead atoms. The van der Waals surface area contributed by atoms with E-state index in [1.54, 1.807) is 26.0 Å². The Morgan fingerprint density at radius 3 is 2.15 bits per heavy atom. The number of rotatable bonds is 7. The number of amides is 1. The van der Waals surface area contributed by atoms with Gasteiger partial charge in [0.05, 0.1) is 11.3 Å². The molecule has 140 valence electrons. The molecule has 5 nitrogen and oxygen atoms in total. The maximum absolute atomic E-state index is 12.8. The van der Waals surface area contributed by atoms with Crippen LogP contribution in [0.4, 0.5) is 4.39 Å². The summed E-state index contributed by atoms with van der Waals surface area (Å²) >= 11 is 0. The molecule has 0 atom stereocenters. The van der Waals surface area contributed by atoms with E-state index in [1.165, 1.54) is 12.1 Å². The maximum atomic E-state index is 12.8. The van der Waals surface area contributed by atoms with Crippen LogP contribution < -0.4 is 10.0 Å². The van der Waals surface area contributed by atoms with Gasteiger partial charge >= 0.3 is 0 Å². The van der Waals surface area contributed by atoms with Crippen LogP contribution in [0.2, 0.25) is 0 Å². The SMILES string of the molecule is Cc1cc(C)c(S(=O)(=O)NCCNC(=O)Cc2ccc(F)cc2)c(C)c1. The van der Waals surface area contributed by atoms with Crippen molar-refractivity contribution in [2.45, 2.75) is 32.1 Å². The monoisotopic (exact) mass is 378 g/mol. The molecule has 0 saturated heterocycles. The first-order valence-corrected chi connectivity index (χ1v) is 9.76. The Morgan fingerprint density at radius 1 is 1.00 bits per heavy atom. The molecule has 0 saturated carbocycles. The number of sulfonamides is 1. The van der Waals surface area contributed by atoms with Gasteiger partial charge in [-0.3, -0.25) is 4.79 Å². The fraction of sp³-hybridized carbons (Fsp3) is 0.316. The first kappa shape index (κ1) is 20.1. The molecule has 2 N–H and O–H groups in total. The third kappa shape index (κ3) is 5.37. The van der Waals surface area contributed by atoms with Gasteiger partial charge < -0.3 is 5.32 Å². The molecular weight excluding hydrogens is 355 g/mol. The van der Waals surface area contributed by atoms with E-state index in [1.807, 2.05) is 19.1 Å². The first-order chi connectivity index (χ1) is 12.2. The highest BCUT2D eigenvalue weighted by Crippen LogP contribution is 2.21. The number of aryl methyl sites for hydroxylation is 3. The van der Waals surface area contributed by atoms with Crippen molar-refractivity contribution in [3.8, 4) is 0 Å². The van der Waals surface area contributed by atoms with Gasteiger partial charge in [0, 0.05) is 13.1 Å². The number of halogens is 1. The van der Waals surface area contributed by atoms with Crippen molar-refractivity contribution in [1.29, 1.82) is 0 Å². The second-order valence-electron chi connectivity index (χ2n) is 6.28. The van der Waals surface area contributed by atoms with Gasteiger partial charge in [0.2, 0.25) is 15.9 Å². The summed E-state index contributed by atoms with van der Waals surface area (Å²) in [6.45, 7) is 5.70. The van der Waals surface area contributed by atoms with Crippen molar-refractivity contribution >= 4 is 15.9 Å². The van der Waals surface area contributed by atoms with Crippen LogP contribution in [-0.2, 0) is 21.2 Å². The van der Waals surface area contributed by atoms with E-state index in [0.29, 0.717) is 16.7 Å². The zero-order valence-electron chi connectivity index (χ0n) is 15.1. The molecule has 0 aliphatic rings. The molecule has 2 rings (SSSR count). The summed E-state index contributed by atoms with van der Waals surface area (Å²) < 4.78 is 40.3. The second kappa shape index (κ2) is 8.42. The van der Waals surface area contributed by atoms with E-state index in [9.17, 15) is 17.6 Å². The third-order valence-electron chi connectivity index (χ3n) is 3.89. The van der Waals surface area contributed by atoms with Gasteiger partial charge in [-0.25, -0.2) is 17.5 Å². The number of carbonyl (C=O) groups is 1. The van der Waals surface area contributed by atoms with Gasteiger partial charge in [-0.15, -0.1) is 0 Å². The zero-order chi connectivity index (χ0) is 19.3. The van der Waals surface area contributed by atoms with Crippen LogP contribution in [-0.4, -0.2) is 27.4 Å². The smallest absolute Gasteiger partial charge is 0.241 e. The van der Waals surface area contributed by atoms with Crippen molar-refractivity contribution in [3.05, 3.63) is 64.5 Å². The van der Waals surface area contributed by atoms with Crippen molar-refractivity contribution in [3.63, 3.8) is 0 Å². The van der Waals surface area contributed by atoms with Gasteiger partial charge in [0.25, 0.3) is 0 Å². The molecular formula is C19H23FN2O3S. The lowest BCUT2D eigenvalue weighted by atomic mass is 10.1. The van der Waals surface area contributed by atoms with Crippen molar-refractivity contribution < 1.29 is 17.6 Å². The maximum Gasteiger partial charge on any atom is 0.241 e. The standard InChI is InChI=1S/C19H23FN2O3S/c1-13-10-14(2)19(15(3)11-13)26(24,25)22-9-8-21-18(23)12-16-4-6-17(20)7-5-16/h4-7,10-11,22H,8-9,12H2,1-3H3,(H,21,23). The normalized spacial score (nSPS) is 11.4. The highest BCUT2D eigenvalue weighted by molar-refractivity contribution is 7.89. The largest absolute Gasteiger partial charge is 0.355 e. The van der Waals surface area contributed by atoms with Crippen molar-refractivity contribution in [2.75, 3.05) is 13.1 Å². The van der Waals surface area contributed by atoms with Gasteiger partial charge in [-0.05, 0) is 49.6 Å². The first-order valence-electron chi connectivity index (χ1n) is 8.27. The van der Waals surface area contributed by atoms with Crippen LogP contribution in [0.1, 0.15) is 22.3 Å². The molecule has 2 aromatic carbocycles. The van der Waals surface area contributed by atoms with E-state index in [4.69, 9.17) is 0 Å². The van der Waals surface area contributed by atoms with E-state index in [-0.39, 0.29) is 36.1 Å². The topological polar surface area (TPSA) is 75.3 Å². The highest BCUT2D eigenvalue weighted by atomic mass is 32.2. The number of hydrogen-bond acceptors (Lipinski definition) is 3. The molecule has 2 aromatic rings. The van der Waals surface area contributed by atoms with Crippen molar-refractivity contribution in [1.82, 2.24) is 10.0 Å². The third-order valence-corrected chi connectivity index (χ3v) is 5.66. The predicted molar refractivity (Wildman–Crippen MR) is 99.0 cm³/mol. The number of hydrogen-bond donors (Lipinski definition) is 2. The molecule has 26 heavy (non-hydrogen) atoms. The predicted octanol–water partition coefficient (Wildman–Crippen LogP) is 2.39. The number of carbonyl (C=O) groups excluding carboxylic acids is 1. The number of nitrogens with one attached hydrogen (secondary N) is 2. The van der Waals surface area contributed by atoms with Crippen LogP contribution in [0.15, 0.2) is 41.3 Å². The molecule has 0 aliphatic carbocycles. The molecule has 1 amide bonds. The van der Waals surface area contributed by atoms with E-state index < -0.39 is 10.0 Å². The summed E-state index contributed by atoms with van der Waals surface area (Å²) in [6.07, 6.45) is 0.114. The summed E-state index contributed by atoms with van der Waals surface area (Å²) in [5.41, 5.74) is 3.08. The Labute approximate surface area is 153 Å². The molecule has 0 spiro atoms. The fourth-order valence-corrected chi connectivity index (χ4v) is 4.38. The minimum atomic E-state index is -3.64. The van der Waals surface area contributed by atoms with E-state index >= 15 is 0 Å². The lowest BCUT2D eigenvalue weighted by molar-refractivity contribution is -0.120. The Hall–Kier alpha value is -2.25. The Morgan fingerprint density at radius 2 is 1.58 bits per heavy atom. The quantitative estimate of drug-likeness (QED) is 0.727. The Bertz CT molecular complexity index is 870. The molecule has 0 unspecified atom stereocenters. The van der Waals surface area contributed by atoms with Crippen LogP contribution in [0, 0.1) is 26.6 Å². The average molecular weight is 378 g/mol. The lowest BCUT2D eigenvalue weighted by Gasteiger charge is -2.13. The van der Waals surface area contributed by atoms with Crippen LogP contribution in [0.25, 0.3) is 0 Å².